The molecule has 0 aliphatic carbocycles. The third kappa shape index (κ3) is 3.62. The largest absolute Gasteiger partial charge is 0.354 e. The van der Waals surface area contributed by atoms with E-state index in [0.29, 0.717) is 11.6 Å². The van der Waals surface area contributed by atoms with Gasteiger partial charge in [0.2, 0.25) is 15.8 Å². The van der Waals surface area contributed by atoms with Crippen molar-refractivity contribution in [3.8, 4) is 22.4 Å². The van der Waals surface area contributed by atoms with Crippen LogP contribution < -0.4 is 5.14 Å². The Hall–Kier alpha value is -2.79. The number of sulfonamides is 1. The van der Waals surface area contributed by atoms with Gasteiger partial charge in [0.1, 0.15) is 28.0 Å². The highest BCUT2D eigenvalue weighted by molar-refractivity contribution is 7.89. The summed E-state index contributed by atoms with van der Waals surface area (Å²) in [5, 5.41) is 8.26. The lowest BCUT2D eigenvalue weighted by Crippen LogP contribution is -2.14. The van der Waals surface area contributed by atoms with E-state index >= 15 is 0 Å². The average Bonchev–Trinajstić information content (AvgIpc) is 2.99. The van der Waals surface area contributed by atoms with E-state index in [0.717, 1.165) is 6.07 Å². The molecule has 0 spiro atoms. The number of aromatic nitrogens is 1. The van der Waals surface area contributed by atoms with Crippen molar-refractivity contribution in [3.63, 3.8) is 0 Å². The molecule has 1 aromatic heterocycles. The quantitative estimate of drug-likeness (QED) is 0.640. The first-order valence-electron chi connectivity index (χ1n) is 7.56. The lowest BCUT2D eigenvalue weighted by Gasteiger charge is -2.09. The van der Waals surface area contributed by atoms with Gasteiger partial charge < -0.3 is 4.52 Å². The van der Waals surface area contributed by atoms with Gasteiger partial charge in [-0.3, -0.25) is 0 Å². The van der Waals surface area contributed by atoms with Crippen molar-refractivity contribution >= 4 is 10.0 Å². The summed E-state index contributed by atoms with van der Waals surface area (Å²) in [5.41, 5.74) is -1.33. The molecule has 11 heteroatoms. The number of alkyl halides is 2. The Morgan fingerprint density at radius 2 is 1.71 bits per heavy atom. The number of aryl methyl sites for hydroxylation is 1. The summed E-state index contributed by atoms with van der Waals surface area (Å²) < 4.78 is 96.4. The molecule has 0 bridgehead atoms. The first-order valence-corrected chi connectivity index (χ1v) is 9.11. The number of hydrogen-bond donors (Lipinski definition) is 1. The maximum absolute atomic E-state index is 14.5. The Morgan fingerprint density at radius 1 is 1.04 bits per heavy atom. The van der Waals surface area contributed by atoms with Gasteiger partial charge in [-0.1, -0.05) is 5.16 Å². The van der Waals surface area contributed by atoms with Crippen LogP contribution in [0.3, 0.4) is 0 Å². The molecule has 148 valence electrons. The van der Waals surface area contributed by atoms with Crippen molar-refractivity contribution in [2.24, 2.45) is 5.14 Å². The van der Waals surface area contributed by atoms with Gasteiger partial charge in [-0.2, -0.15) is 0 Å². The molecule has 0 radical (unpaired) electrons. The Balaban J connectivity index is 2.33. The van der Waals surface area contributed by atoms with Gasteiger partial charge in [0.05, 0.1) is 5.56 Å². The van der Waals surface area contributed by atoms with Crippen LogP contribution in [0.4, 0.5) is 22.0 Å². The molecule has 0 unspecified atom stereocenters. The summed E-state index contributed by atoms with van der Waals surface area (Å²) in [6.07, 6.45) is -3.26. The summed E-state index contributed by atoms with van der Waals surface area (Å²) >= 11 is 0. The van der Waals surface area contributed by atoms with Gasteiger partial charge in [-0.25, -0.2) is 35.5 Å². The third-order valence-corrected chi connectivity index (χ3v) is 4.76. The molecule has 5 nitrogen and oxygen atoms in total. The normalized spacial score (nSPS) is 12.0. The number of hydrogen-bond acceptors (Lipinski definition) is 4. The Labute approximate surface area is 155 Å². The monoisotopic (exact) mass is 418 g/mol. The standard InChI is InChI=1S/C17H11F5N2O3S/c1-7-2-8(4-9(18)3-7)15-14(16(17(21)22)27-24-15)10-5-12(20)13(6-11(10)19)28(23,25)26/h2-6,17H,1H3,(H2,23,25,26). The van der Waals surface area contributed by atoms with Crippen LogP contribution in [0.25, 0.3) is 22.4 Å². The summed E-state index contributed by atoms with van der Waals surface area (Å²) in [7, 11) is -4.59. The van der Waals surface area contributed by atoms with Crippen molar-refractivity contribution in [2.45, 2.75) is 18.2 Å². The van der Waals surface area contributed by atoms with Crippen LogP contribution in [0.1, 0.15) is 17.7 Å². The Kier molecular flexibility index (Phi) is 4.98. The summed E-state index contributed by atoms with van der Waals surface area (Å²) in [5.74, 6) is -4.61. The van der Waals surface area contributed by atoms with Crippen LogP contribution >= 0.6 is 0 Å². The van der Waals surface area contributed by atoms with Crippen LogP contribution in [-0.4, -0.2) is 13.6 Å². The zero-order valence-corrected chi connectivity index (χ0v) is 14.8. The van der Waals surface area contributed by atoms with Gasteiger partial charge in [0.25, 0.3) is 6.43 Å². The second kappa shape index (κ2) is 6.99. The molecular formula is C17H11F5N2O3S. The highest BCUT2D eigenvalue weighted by Gasteiger charge is 2.29. The number of rotatable bonds is 4. The predicted molar refractivity (Wildman–Crippen MR) is 88.3 cm³/mol. The second-order valence-corrected chi connectivity index (χ2v) is 7.43. The fourth-order valence-corrected chi connectivity index (χ4v) is 3.32. The highest BCUT2D eigenvalue weighted by Crippen LogP contribution is 2.41. The molecule has 3 rings (SSSR count). The van der Waals surface area contributed by atoms with Gasteiger partial charge in [0.15, 0.2) is 0 Å². The van der Waals surface area contributed by atoms with E-state index in [1.165, 1.54) is 19.1 Å². The fourth-order valence-electron chi connectivity index (χ4n) is 2.72. The van der Waals surface area contributed by atoms with Crippen molar-refractivity contribution in [1.29, 1.82) is 0 Å². The molecule has 0 fully saturated rings. The molecule has 2 aromatic carbocycles. The lowest BCUT2D eigenvalue weighted by molar-refractivity contribution is 0.113. The lowest BCUT2D eigenvalue weighted by atomic mass is 9.97. The number of benzene rings is 2. The highest BCUT2D eigenvalue weighted by atomic mass is 32.2. The van der Waals surface area contributed by atoms with Gasteiger partial charge in [-0.15, -0.1) is 0 Å². The van der Waals surface area contributed by atoms with E-state index in [4.69, 9.17) is 5.14 Å². The molecule has 0 aliphatic rings. The molecule has 0 atom stereocenters. The third-order valence-electron chi connectivity index (χ3n) is 3.83. The summed E-state index contributed by atoms with van der Waals surface area (Å²) in [6, 6.07) is 4.16. The molecular weight excluding hydrogens is 407 g/mol. The molecule has 0 saturated carbocycles. The molecule has 0 saturated heterocycles. The first kappa shape index (κ1) is 20.0. The summed E-state index contributed by atoms with van der Waals surface area (Å²) in [4.78, 5) is -1.15. The van der Waals surface area contributed by atoms with Crippen LogP contribution in [0.2, 0.25) is 0 Å². The molecule has 1 heterocycles. The predicted octanol–water partition coefficient (Wildman–Crippen LogP) is 4.32. The van der Waals surface area contributed by atoms with E-state index in [1.807, 2.05) is 0 Å². The second-order valence-electron chi connectivity index (χ2n) is 5.90. The van der Waals surface area contributed by atoms with E-state index in [1.54, 1.807) is 0 Å². The topological polar surface area (TPSA) is 86.2 Å². The minimum Gasteiger partial charge on any atom is -0.354 e. The molecule has 2 N–H and O–H groups in total. The molecule has 3 aromatic rings. The molecule has 0 aliphatic heterocycles. The van der Waals surface area contributed by atoms with Gasteiger partial charge >= 0.3 is 0 Å². The van der Waals surface area contributed by atoms with Crippen molar-refractivity contribution in [2.75, 3.05) is 0 Å². The van der Waals surface area contributed by atoms with Crippen LogP contribution in [-0.2, 0) is 10.0 Å². The number of primary sulfonamides is 1. The molecule has 28 heavy (non-hydrogen) atoms. The summed E-state index contributed by atoms with van der Waals surface area (Å²) in [6.45, 7) is 1.53. The van der Waals surface area contributed by atoms with E-state index < -0.39 is 55.7 Å². The zero-order chi connectivity index (χ0) is 20.8. The fraction of sp³-hybridized carbons (Fsp3) is 0.118. The van der Waals surface area contributed by atoms with Gasteiger partial charge in [0, 0.05) is 11.1 Å². The smallest absolute Gasteiger partial charge is 0.298 e. The zero-order valence-electron chi connectivity index (χ0n) is 14.0. The number of nitrogens with two attached hydrogens (primary N) is 1. The van der Waals surface area contributed by atoms with Crippen molar-refractivity contribution < 1.29 is 34.9 Å². The maximum Gasteiger partial charge on any atom is 0.298 e. The van der Waals surface area contributed by atoms with Crippen molar-refractivity contribution in [3.05, 3.63) is 59.1 Å². The van der Waals surface area contributed by atoms with E-state index in [-0.39, 0.29) is 17.3 Å². The van der Waals surface area contributed by atoms with Crippen LogP contribution in [0, 0.1) is 24.4 Å². The maximum atomic E-state index is 14.5. The van der Waals surface area contributed by atoms with E-state index in [9.17, 15) is 30.4 Å². The number of nitrogens with zero attached hydrogens (tertiary/aromatic N) is 1. The Bertz CT molecular complexity index is 1160. The number of halogens is 5. The molecule has 0 amide bonds. The minimum atomic E-state index is -4.59. The Morgan fingerprint density at radius 3 is 2.29 bits per heavy atom. The average molecular weight is 418 g/mol. The first-order chi connectivity index (χ1) is 13.0. The van der Waals surface area contributed by atoms with E-state index in [2.05, 4.69) is 9.68 Å². The van der Waals surface area contributed by atoms with Crippen LogP contribution in [0.5, 0.6) is 0 Å². The van der Waals surface area contributed by atoms with Crippen molar-refractivity contribution in [1.82, 2.24) is 5.16 Å². The minimum absolute atomic E-state index is 0.0153. The van der Waals surface area contributed by atoms with Gasteiger partial charge in [-0.05, 0) is 42.8 Å². The SMILES string of the molecule is Cc1cc(F)cc(-c2noc(C(F)F)c2-c2cc(F)c(S(N)(=O)=O)cc2F)c1. The van der Waals surface area contributed by atoms with Crippen LogP contribution in [0.15, 0.2) is 39.8 Å².